The molecule has 1 fully saturated rings. The van der Waals surface area contributed by atoms with Crippen molar-refractivity contribution in [1.29, 1.82) is 0 Å². The fourth-order valence-electron chi connectivity index (χ4n) is 4.82. The first kappa shape index (κ1) is 21.5. The van der Waals surface area contributed by atoms with E-state index in [9.17, 15) is 4.79 Å². The van der Waals surface area contributed by atoms with Gasteiger partial charge < -0.3 is 10.7 Å². The summed E-state index contributed by atoms with van der Waals surface area (Å²) in [6.07, 6.45) is 8.53. The first-order valence-corrected chi connectivity index (χ1v) is 11.6. The van der Waals surface area contributed by atoms with Crippen LogP contribution in [0.4, 0.5) is 0 Å². The summed E-state index contributed by atoms with van der Waals surface area (Å²) in [4.78, 5) is 21.2. The highest BCUT2D eigenvalue weighted by atomic mass is 16.1. The molecule has 0 aliphatic heterocycles. The van der Waals surface area contributed by atoms with E-state index in [-0.39, 0.29) is 5.92 Å². The van der Waals surface area contributed by atoms with Gasteiger partial charge in [0.2, 0.25) is 0 Å². The standard InChI is InChI=1S/C27H33N3O/c28-18-22-13-11-21(12-14-22)16-25(31)17-24(15-20-7-3-1-4-8-20)27-29-19-26(30-27)23-9-5-2-6-10-23/h1-10,19,21-22,24H,11-18,28H2,(H,29,30)/t21?,22?,24-/m1/s1. The first-order valence-electron chi connectivity index (χ1n) is 11.6. The average molecular weight is 416 g/mol. The number of nitrogens with zero attached hydrogens (tertiary/aromatic N) is 1. The number of imidazole rings is 1. The van der Waals surface area contributed by atoms with Crippen molar-refractivity contribution in [2.75, 3.05) is 6.54 Å². The van der Waals surface area contributed by atoms with Crippen LogP contribution in [0.25, 0.3) is 11.3 Å². The van der Waals surface area contributed by atoms with Crippen molar-refractivity contribution in [2.45, 2.75) is 50.9 Å². The van der Waals surface area contributed by atoms with E-state index in [0.717, 1.165) is 42.9 Å². The Morgan fingerprint density at radius 3 is 2.29 bits per heavy atom. The Hall–Kier alpha value is -2.72. The Bertz CT molecular complexity index is 943. The maximum Gasteiger partial charge on any atom is 0.133 e. The quantitative estimate of drug-likeness (QED) is 0.483. The Labute approximate surface area is 185 Å². The van der Waals surface area contributed by atoms with E-state index in [1.165, 1.54) is 18.4 Å². The number of carbonyl (C=O) groups excluding carboxylic acids is 1. The van der Waals surface area contributed by atoms with E-state index in [0.29, 0.717) is 30.5 Å². The maximum atomic E-state index is 13.0. The van der Waals surface area contributed by atoms with Gasteiger partial charge in [0.15, 0.2) is 0 Å². The summed E-state index contributed by atoms with van der Waals surface area (Å²) >= 11 is 0. The number of aromatic nitrogens is 2. The maximum absolute atomic E-state index is 13.0. The second kappa shape index (κ2) is 10.5. The minimum atomic E-state index is 0.0627. The lowest BCUT2D eigenvalue weighted by molar-refractivity contribution is -0.120. The second-order valence-electron chi connectivity index (χ2n) is 9.00. The number of benzene rings is 2. The third kappa shape index (κ3) is 5.92. The molecule has 1 aliphatic carbocycles. The number of Topliss-reactive ketones (excluding diaryl/α,β-unsaturated/α-hetero) is 1. The molecule has 31 heavy (non-hydrogen) atoms. The van der Waals surface area contributed by atoms with Gasteiger partial charge in [-0.1, -0.05) is 60.7 Å². The van der Waals surface area contributed by atoms with Crippen LogP contribution in [0.2, 0.25) is 0 Å². The van der Waals surface area contributed by atoms with E-state index in [4.69, 9.17) is 5.73 Å². The molecule has 0 amide bonds. The summed E-state index contributed by atoms with van der Waals surface area (Å²) < 4.78 is 0. The lowest BCUT2D eigenvalue weighted by Crippen LogP contribution is -2.23. The largest absolute Gasteiger partial charge is 0.342 e. The summed E-state index contributed by atoms with van der Waals surface area (Å²) in [6, 6.07) is 20.6. The van der Waals surface area contributed by atoms with Crippen LogP contribution in [0, 0.1) is 11.8 Å². The minimum Gasteiger partial charge on any atom is -0.342 e. The molecule has 1 aliphatic rings. The van der Waals surface area contributed by atoms with Gasteiger partial charge in [-0.25, -0.2) is 4.98 Å². The van der Waals surface area contributed by atoms with Crippen molar-refractivity contribution in [3.8, 4) is 11.3 Å². The highest BCUT2D eigenvalue weighted by Gasteiger charge is 2.25. The molecular weight excluding hydrogens is 382 g/mol. The number of H-pyrrole nitrogens is 1. The fraction of sp³-hybridized carbons (Fsp3) is 0.407. The van der Waals surface area contributed by atoms with Gasteiger partial charge in [-0.05, 0) is 61.6 Å². The number of hydrogen-bond donors (Lipinski definition) is 2. The molecule has 0 radical (unpaired) electrons. The number of nitrogens with two attached hydrogens (primary N) is 1. The lowest BCUT2D eigenvalue weighted by atomic mass is 9.79. The average Bonchev–Trinajstić information content (AvgIpc) is 3.31. The molecule has 4 rings (SSSR count). The van der Waals surface area contributed by atoms with Crippen molar-refractivity contribution in [1.82, 2.24) is 9.97 Å². The van der Waals surface area contributed by atoms with Crippen LogP contribution in [0.1, 0.15) is 55.8 Å². The summed E-state index contributed by atoms with van der Waals surface area (Å²) in [6.45, 7) is 0.780. The summed E-state index contributed by atoms with van der Waals surface area (Å²) in [5.74, 6) is 2.49. The molecule has 1 heterocycles. The molecule has 0 saturated heterocycles. The van der Waals surface area contributed by atoms with Crippen molar-refractivity contribution in [3.63, 3.8) is 0 Å². The number of carbonyl (C=O) groups is 1. The fourth-order valence-corrected chi connectivity index (χ4v) is 4.82. The van der Waals surface area contributed by atoms with Crippen LogP contribution in [0.3, 0.4) is 0 Å². The van der Waals surface area contributed by atoms with E-state index in [2.05, 4.69) is 46.4 Å². The monoisotopic (exact) mass is 415 g/mol. The molecular formula is C27H33N3O. The normalized spacial score (nSPS) is 19.8. The summed E-state index contributed by atoms with van der Waals surface area (Å²) in [5, 5.41) is 0. The molecule has 0 bridgehead atoms. The van der Waals surface area contributed by atoms with Crippen molar-refractivity contribution < 1.29 is 4.79 Å². The zero-order valence-electron chi connectivity index (χ0n) is 18.2. The molecule has 3 aromatic rings. The van der Waals surface area contributed by atoms with Crippen LogP contribution in [-0.2, 0) is 11.2 Å². The SMILES string of the molecule is NCC1CCC(CC(=O)C[C@@H](Cc2ccccc2)c2ncc(-c3ccccc3)[nH]2)CC1. The third-order valence-corrected chi connectivity index (χ3v) is 6.68. The Morgan fingerprint density at radius 1 is 0.968 bits per heavy atom. The van der Waals surface area contributed by atoms with Crippen LogP contribution in [-0.4, -0.2) is 22.3 Å². The van der Waals surface area contributed by atoms with Crippen LogP contribution in [0.15, 0.2) is 66.9 Å². The Morgan fingerprint density at radius 2 is 1.61 bits per heavy atom. The molecule has 1 aromatic heterocycles. The van der Waals surface area contributed by atoms with Crippen molar-refractivity contribution >= 4 is 5.78 Å². The second-order valence-corrected chi connectivity index (χ2v) is 9.00. The van der Waals surface area contributed by atoms with E-state index in [1.54, 1.807) is 0 Å². The number of ketones is 1. The lowest BCUT2D eigenvalue weighted by Gasteiger charge is -2.27. The van der Waals surface area contributed by atoms with Gasteiger partial charge in [-0.3, -0.25) is 4.79 Å². The number of nitrogens with one attached hydrogen (secondary N) is 1. The van der Waals surface area contributed by atoms with Gasteiger partial charge in [0.05, 0.1) is 11.9 Å². The molecule has 162 valence electrons. The summed E-state index contributed by atoms with van der Waals surface area (Å²) in [5.41, 5.74) is 9.17. The summed E-state index contributed by atoms with van der Waals surface area (Å²) in [7, 11) is 0. The number of aromatic amines is 1. The van der Waals surface area contributed by atoms with Gasteiger partial charge in [-0.15, -0.1) is 0 Å². The number of hydrogen-bond acceptors (Lipinski definition) is 3. The zero-order valence-corrected chi connectivity index (χ0v) is 18.2. The molecule has 2 aromatic carbocycles. The Kier molecular flexibility index (Phi) is 7.31. The minimum absolute atomic E-state index is 0.0627. The van der Waals surface area contributed by atoms with Crippen molar-refractivity contribution in [2.24, 2.45) is 17.6 Å². The molecule has 0 unspecified atom stereocenters. The van der Waals surface area contributed by atoms with Gasteiger partial charge in [0, 0.05) is 18.8 Å². The van der Waals surface area contributed by atoms with E-state index < -0.39 is 0 Å². The predicted molar refractivity (Wildman–Crippen MR) is 126 cm³/mol. The van der Waals surface area contributed by atoms with Crippen LogP contribution in [0.5, 0.6) is 0 Å². The third-order valence-electron chi connectivity index (χ3n) is 6.68. The van der Waals surface area contributed by atoms with Gasteiger partial charge in [-0.2, -0.15) is 0 Å². The highest BCUT2D eigenvalue weighted by molar-refractivity contribution is 5.79. The molecule has 4 heteroatoms. The smallest absolute Gasteiger partial charge is 0.133 e. The Balaban J connectivity index is 1.46. The van der Waals surface area contributed by atoms with E-state index >= 15 is 0 Å². The van der Waals surface area contributed by atoms with Gasteiger partial charge >= 0.3 is 0 Å². The van der Waals surface area contributed by atoms with Gasteiger partial charge in [0.25, 0.3) is 0 Å². The predicted octanol–water partition coefficient (Wildman–Crippen LogP) is 5.52. The van der Waals surface area contributed by atoms with Crippen LogP contribution >= 0.6 is 0 Å². The molecule has 0 spiro atoms. The first-order chi connectivity index (χ1) is 15.2. The molecule has 3 N–H and O–H groups in total. The molecule has 1 saturated carbocycles. The van der Waals surface area contributed by atoms with Crippen molar-refractivity contribution in [3.05, 3.63) is 78.2 Å². The topological polar surface area (TPSA) is 71.8 Å². The van der Waals surface area contributed by atoms with Crippen LogP contribution < -0.4 is 5.73 Å². The highest BCUT2D eigenvalue weighted by Crippen LogP contribution is 2.32. The van der Waals surface area contributed by atoms with Gasteiger partial charge in [0.1, 0.15) is 11.6 Å². The number of rotatable bonds is 9. The van der Waals surface area contributed by atoms with E-state index in [1.807, 2.05) is 30.5 Å². The molecule has 4 nitrogen and oxygen atoms in total. The zero-order chi connectivity index (χ0) is 21.5. The molecule has 1 atom stereocenters.